The number of benzene rings is 9. The van der Waals surface area contributed by atoms with Gasteiger partial charge in [0.2, 0.25) is 0 Å². The third kappa shape index (κ3) is 4.86. The summed E-state index contributed by atoms with van der Waals surface area (Å²) in [6, 6.07) is 85.9. The highest BCUT2D eigenvalue weighted by molar-refractivity contribution is 7.17. The van der Waals surface area contributed by atoms with Crippen LogP contribution >= 0.6 is 11.3 Å². The molecule has 9 aromatic carbocycles. The van der Waals surface area contributed by atoms with E-state index in [9.17, 15) is 0 Å². The molecule has 0 radical (unpaired) electrons. The molecular weight excluding hydrogens is 743 g/mol. The van der Waals surface area contributed by atoms with E-state index >= 15 is 0 Å². The third-order valence-electron chi connectivity index (χ3n) is 13.1. The molecule has 2 aliphatic carbocycles. The lowest BCUT2D eigenvalue weighted by atomic mass is 9.67. The third-order valence-corrected chi connectivity index (χ3v) is 14.0. The van der Waals surface area contributed by atoms with Crippen LogP contribution < -0.4 is 4.90 Å². The van der Waals surface area contributed by atoms with E-state index in [0.717, 1.165) is 17.1 Å². The van der Waals surface area contributed by atoms with Gasteiger partial charge in [-0.2, -0.15) is 0 Å². The van der Waals surface area contributed by atoms with Crippen LogP contribution in [0.15, 0.2) is 236 Å². The molecule has 282 valence electrons. The van der Waals surface area contributed by atoms with Crippen LogP contribution in [0.2, 0.25) is 0 Å². The number of nitrogens with zero attached hydrogens (tertiary/aromatic N) is 1. The first-order valence-corrected chi connectivity index (χ1v) is 21.6. The Kier molecular flexibility index (Phi) is 7.91. The second-order valence-corrected chi connectivity index (χ2v) is 16.9. The first-order chi connectivity index (χ1) is 29.8. The molecule has 12 rings (SSSR count). The van der Waals surface area contributed by atoms with Crippen molar-refractivity contribution in [1.29, 1.82) is 0 Å². The maximum atomic E-state index is 2.52. The van der Waals surface area contributed by atoms with Gasteiger partial charge >= 0.3 is 0 Å². The molecule has 10 aromatic rings. The van der Waals surface area contributed by atoms with Crippen molar-refractivity contribution in [2.45, 2.75) is 10.8 Å². The van der Waals surface area contributed by atoms with E-state index < -0.39 is 10.8 Å². The van der Waals surface area contributed by atoms with Crippen molar-refractivity contribution in [3.63, 3.8) is 0 Å². The Balaban J connectivity index is 1.16. The van der Waals surface area contributed by atoms with Gasteiger partial charge in [-0.05, 0) is 114 Å². The topological polar surface area (TPSA) is 3.24 Å². The van der Waals surface area contributed by atoms with Crippen LogP contribution in [-0.4, -0.2) is 0 Å². The molecule has 0 bridgehead atoms. The van der Waals surface area contributed by atoms with Gasteiger partial charge in [0, 0.05) is 21.6 Å². The van der Waals surface area contributed by atoms with E-state index in [2.05, 4.69) is 241 Å². The first-order valence-electron chi connectivity index (χ1n) is 20.8. The SMILES string of the molecule is c1ccc(C2(c3ccccc3)c3ccccc3-c3cc(N(c4ccc5sccc5c4)c4cccc5c4-c4ccccc4C5(c4ccccc4)c4ccccc4)ccc32)cc1. The molecule has 1 heterocycles. The molecule has 0 saturated heterocycles. The number of rotatable bonds is 7. The van der Waals surface area contributed by atoms with Gasteiger partial charge in [-0.1, -0.05) is 188 Å². The smallest absolute Gasteiger partial charge is 0.0714 e. The number of anilines is 3. The quantitative estimate of drug-likeness (QED) is 0.156. The Morgan fingerprint density at radius 2 is 0.800 bits per heavy atom. The van der Waals surface area contributed by atoms with Crippen molar-refractivity contribution in [1.82, 2.24) is 0 Å². The molecule has 2 aliphatic rings. The normalized spacial score (nSPS) is 13.9. The lowest BCUT2D eigenvalue weighted by molar-refractivity contribution is 0.768. The summed E-state index contributed by atoms with van der Waals surface area (Å²) in [5.41, 5.74) is 17.8. The van der Waals surface area contributed by atoms with Gasteiger partial charge in [0.1, 0.15) is 0 Å². The van der Waals surface area contributed by atoms with Gasteiger partial charge in [0.05, 0.1) is 16.5 Å². The molecule has 0 atom stereocenters. The fourth-order valence-electron chi connectivity index (χ4n) is 10.8. The molecule has 60 heavy (non-hydrogen) atoms. The number of thiophene rings is 1. The molecule has 2 heteroatoms. The van der Waals surface area contributed by atoms with Crippen molar-refractivity contribution in [3.05, 3.63) is 280 Å². The van der Waals surface area contributed by atoms with Crippen molar-refractivity contribution in [2.24, 2.45) is 0 Å². The predicted molar refractivity (Wildman–Crippen MR) is 251 cm³/mol. The Hall–Kier alpha value is -7.26. The minimum absolute atomic E-state index is 0.467. The Morgan fingerprint density at radius 3 is 1.42 bits per heavy atom. The van der Waals surface area contributed by atoms with E-state index in [-0.39, 0.29) is 0 Å². The molecule has 0 N–H and O–H groups in total. The summed E-state index contributed by atoms with van der Waals surface area (Å²) in [5, 5.41) is 3.44. The summed E-state index contributed by atoms with van der Waals surface area (Å²) in [4.78, 5) is 2.52. The fourth-order valence-corrected chi connectivity index (χ4v) is 11.5. The van der Waals surface area contributed by atoms with Crippen molar-refractivity contribution in [3.8, 4) is 22.3 Å². The average molecular weight is 782 g/mol. The number of hydrogen-bond donors (Lipinski definition) is 0. The summed E-state index contributed by atoms with van der Waals surface area (Å²) >= 11 is 1.79. The van der Waals surface area contributed by atoms with Crippen LogP contribution in [0.25, 0.3) is 32.3 Å². The lowest BCUT2D eigenvalue weighted by Crippen LogP contribution is -2.28. The van der Waals surface area contributed by atoms with Gasteiger partial charge < -0.3 is 4.90 Å². The van der Waals surface area contributed by atoms with E-state index in [1.165, 1.54) is 76.8 Å². The standard InChI is InChI=1S/C58H39NS/c1-5-18-41(19-6-1)57(42-20-7-2-8-21-42)50-28-15-13-26-47(50)49-39-46(32-34-52(49)57)59(45-33-35-55-40(38-45)36-37-60-55)54-31-17-30-53-56(54)48-27-14-16-29-51(48)58(53,43-22-9-3-10-23-43)44-24-11-4-12-25-44/h1-39H. The predicted octanol–water partition coefficient (Wildman–Crippen LogP) is 15.1. The van der Waals surface area contributed by atoms with E-state index in [0.29, 0.717) is 0 Å². The molecule has 1 aromatic heterocycles. The Morgan fingerprint density at radius 1 is 0.333 bits per heavy atom. The maximum Gasteiger partial charge on any atom is 0.0714 e. The Bertz CT molecular complexity index is 3120. The van der Waals surface area contributed by atoms with Crippen LogP contribution in [-0.2, 0) is 10.8 Å². The summed E-state index contributed by atoms with van der Waals surface area (Å²) in [6.07, 6.45) is 0. The lowest BCUT2D eigenvalue weighted by Gasteiger charge is -2.35. The summed E-state index contributed by atoms with van der Waals surface area (Å²) in [6.45, 7) is 0. The second kappa shape index (κ2) is 13.7. The van der Waals surface area contributed by atoms with Gasteiger partial charge in [0.15, 0.2) is 0 Å². The molecular formula is C58H39NS. The van der Waals surface area contributed by atoms with E-state index in [4.69, 9.17) is 0 Å². The maximum absolute atomic E-state index is 2.52. The van der Waals surface area contributed by atoms with Crippen molar-refractivity contribution in [2.75, 3.05) is 4.90 Å². The van der Waals surface area contributed by atoms with Crippen LogP contribution in [0.3, 0.4) is 0 Å². The average Bonchev–Trinajstić information content (AvgIpc) is 4.01. The molecule has 0 saturated carbocycles. The van der Waals surface area contributed by atoms with E-state index in [1.54, 1.807) is 11.3 Å². The molecule has 1 nitrogen and oxygen atoms in total. The highest BCUT2D eigenvalue weighted by atomic mass is 32.1. The largest absolute Gasteiger partial charge is 0.310 e. The molecule has 0 fully saturated rings. The number of hydrogen-bond acceptors (Lipinski definition) is 2. The molecule has 0 unspecified atom stereocenters. The highest BCUT2D eigenvalue weighted by Gasteiger charge is 2.48. The van der Waals surface area contributed by atoms with Gasteiger partial charge in [-0.3, -0.25) is 0 Å². The zero-order chi connectivity index (χ0) is 39.7. The summed E-state index contributed by atoms with van der Waals surface area (Å²) < 4.78 is 1.29. The van der Waals surface area contributed by atoms with Gasteiger partial charge in [-0.15, -0.1) is 11.3 Å². The van der Waals surface area contributed by atoms with Crippen LogP contribution in [0.1, 0.15) is 44.5 Å². The highest BCUT2D eigenvalue weighted by Crippen LogP contribution is 2.61. The minimum Gasteiger partial charge on any atom is -0.310 e. The zero-order valence-corrected chi connectivity index (χ0v) is 33.7. The van der Waals surface area contributed by atoms with Gasteiger partial charge in [-0.25, -0.2) is 0 Å². The van der Waals surface area contributed by atoms with E-state index in [1.807, 2.05) is 0 Å². The second-order valence-electron chi connectivity index (χ2n) is 16.0. The molecule has 0 aliphatic heterocycles. The summed E-state index contributed by atoms with van der Waals surface area (Å²) in [7, 11) is 0. The minimum atomic E-state index is -0.505. The first kappa shape index (κ1) is 34.8. The van der Waals surface area contributed by atoms with Crippen LogP contribution in [0, 0.1) is 0 Å². The molecule has 0 spiro atoms. The monoisotopic (exact) mass is 781 g/mol. The van der Waals surface area contributed by atoms with Crippen LogP contribution in [0.4, 0.5) is 17.1 Å². The van der Waals surface area contributed by atoms with Crippen LogP contribution in [0.5, 0.6) is 0 Å². The summed E-state index contributed by atoms with van der Waals surface area (Å²) in [5.74, 6) is 0. The molecule has 0 amide bonds. The number of fused-ring (bicyclic) bond motifs is 7. The van der Waals surface area contributed by atoms with Gasteiger partial charge in [0.25, 0.3) is 0 Å². The zero-order valence-electron chi connectivity index (χ0n) is 32.9. The van der Waals surface area contributed by atoms with Crippen molar-refractivity contribution >= 4 is 38.5 Å². The fraction of sp³-hybridized carbons (Fsp3) is 0.0345. The van der Waals surface area contributed by atoms with Crippen molar-refractivity contribution < 1.29 is 0 Å². The Labute approximate surface area is 355 Å².